The number of carbonyl (C=O) groups is 2. The second kappa shape index (κ2) is 8.03. The Hall–Kier alpha value is -1.49. The molecule has 1 saturated heterocycles. The zero-order valence-electron chi connectivity index (χ0n) is 21.5. The van der Waals surface area contributed by atoms with Gasteiger partial charge in [-0.3, -0.25) is 14.9 Å². The number of hydrogen-bond donors (Lipinski definition) is 1. The zero-order valence-corrected chi connectivity index (χ0v) is 21.5. The number of ketones is 1. The zero-order chi connectivity index (χ0) is 23.7. The van der Waals surface area contributed by atoms with Crippen molar-refractivity contribution in [2.45, 2.75) is 105 Å². The molecular weight excluding hydrogens is 410 g/mol. The van der Waals surface area contributed by atoms with E-state index in [1.54, 1.807) is 10.6 Å². The third-order valence-corrected chi connectivity index (χ3v) is 10.7. The predicted octanol–water partition coefficient (Wildman–Crippen LogP) is 5.31. The largest absolute Gasteiger partial charge is 0.300 e. The van der Waals surface area contributed by atoms with Crippen LogP contribution in [0.15, 0.2) is 16.8 Å². The van der Waals surface area contributed by atoms with E-state index >= 15 is 0 Å². The van der Waals surface area contributed by atoms with Gasteiger partial charge in [0.1, 0.15) is 11.9 Å². The van der Waals surface area contributed by atoms with Crippen molar-refractivity contribution in [1.29, 1.82) is 0 Å². The molecule has 0 radical (unpaired) electrons. The van der Waals surface area contributed by atoms with Crippen LogP contribution in [0.25, 0.3) is 0 Å². The molecule has 5 nitrogen and oxygen atoms in total. The Bertz CT molecular complexity index is 907. The number of nitrogens with one attached hydrogen (secondary N) is 1. The number of carbonyl (C=O) groups excluding carboxylic acids is 2. The molecule has 1 N–H and O–H groups in total. The van der Waals surface area contributed by atoms with Crippen molar-refractivity contribution in [3.63, 3.8) is 0 Å². The number of amides is 1. The maximum atomic E-state index is 12.9. The lowest BCUT2D eigenvalue weighted by molar-refractivity contribution is -0.130. The maximum absolute atomic E-state index is 12.9. The number of hydrogen-bond acceptors (Lipinski definition) is 4. The summed E-state index contributed by atoms with van der Waals surface area (Å²) in [5, 5.41) is 9.97. The first-order valence-corrected chi connectivity index (χ1v) is 13.4. The van der Waals surface area contributed by atoms with E-state index in [2.05, 4.69) is 39.1 Å². The fourth-order valence-electron chi connectivity index (χ4n) is 8.80. The molecule has 4 fully saturated rings. The lowest BCUT2D eigenvalue weighted by Gasteiger charge is -2.58. The first-order chi connectivity index (χ1) is 15.6. The molecule has 1 amide bonds. The van der Waals surface area contributed by atoms with Gasteiger partial charge in [-0.05, 0) is 106 Å². The fourth-order valence-corrected chi connectivity index (χ4v) is 8.80. The molecule has 0 aromatic carbocycles. The van der Waals surface area contributed by atoms with Crippen LogP contribution in [-0.4, -0.2) is 34.6 Å². The molecule has 0 aromatic rings. The van der Waals surface area contributed by atoms with Crippen molar-refractivity contribution >= 4 is 17.4 Å². The van der Waals surface area contributed by atoms with E-state index in [0.717, 1.165) is 43.2 Å². The van der Waals surface area contributed by atoms with Gasteiger partial charge in [-0.15, -0.1) is 0 Å². The normalized spacial score (nSPS) is 46.3. The number of hydrazone groups is 1. The minimum atomic E-state index is -0.136. The van der Waals surface area contributed by atoms with Crippen molar-refractivity contribution in [2.24, 2.45) is 45.5 Å². The van der Waals surface area contributed by atoms with Gasteiger partial charge in [0.15, 0.2) is 0 Å². The summed E-state index contributed by atoms with van der Waals surface area (Å²) in [4.78, 5) is 25.3. The van der Waals surface area contributed by atoms with Gasteiger partial charge in [-0.1, -0.05) is 33.3 Å². The van der Waals surface area contributed by atoms with Gasteiger partial charge >= 0.3 is 0 Å². The lowest BCUT2D eigenvalue weighted by Crippen LogP contribution is -2.51. The summed E-state index contributed by atoms with van der Waals surface area (Å²) in [6.07, 6.45) is 11.6. The number of allylic oxidation sites excluding steroid dienone is 2. The summed E-state index contributed by atoms with van der Waals surface area (Å²) < 4.78 is 0. The second-order valence-electron chi connectivity index (χ2n) is 12.6. The summed E-state index contributed by atoms with van der Waals surface area (Å²) in [6, 6.07) is -0.136. The first-order valence-electron chi connectivity index (χ1n) is 13.4. The topological polar surface area (TPSA) is 61.8 Å². The molecule has 3 unspecified atom stereocenters. The average Bonchev–Trinajstić information content (AvgIpc) is 3.25. The summed E-state index contributed by atoms with van der Waals surface area (Å²) in [5.41, 5.74) is 3.10. The first kappa shape index (κ1) is 23.3. The molecule has 1 heterocycles. The van der Waals surface area contributed by atoms with Crippen molar-refractivity contribution in [1.82, 2.24) is 10.3 Å². The SMILES string of the molecule is CC(=O)[C@H]1CCC2C3CCC4=C/C(=N/N5C(=O)[C@H](C(C)C)N[C@H]5C)CC[C@]4(C)C3CC[C@@]21C. The quantitative estimate of drug-likeness (QED) is 0.630. The number of Topliss-reactive ketones (excluding diaryl/α,β-unsaturated/α-hetero) is 1. The van der Waals surface area contributed by atoms with Crippen molar-refractivity contribution in [2.75, 3.05) is 0 Å². The minimum absolute atomic E-state index is 0.0487. The Morgan fingerprint density at radius 3 is 2.55 bits per heavy atom. The second-order valence-corrected chi connectivity index (χ2v) is 12.6. The van der Waals surface area contributed by atoms with Crippen molar-refractivity contribution in [3.05, 3.63) is 11.6 Å². The van der Waals surface area contributed by atoms with E-state index in [1.807, 2.05) is 13.8 Å². The Kier molecular flexibility index (Phi) is 5.66. The van der Waals surface area contributed by atoms with Gasteiger partial charge in [0.25, 0.3) is 5.91 Å². The van der Waals surface area contributed by atoms with E-state index < -0.39 is 0 Å². The van der Waals surface area contributed by atoms with Crippen LogP contribution in [0.1, 0.15) is 92.9 Å². The van der Waals surface area contributed by atoms with E-state index in [9.17, 15) is 9.59 Å². The minimum Gasteiger partial charge on any atom is -0.300 e. The van der Waals surface area contributed by atoms with Crippen LogP contribution in [0.3, 0.4) is 0 Å². The molecule has 1 aliphatic heterocycles. The Morgan fingerprint density at radius 1 is 1.12 bits per heavy atom. The monoisotopic (exact) mass is 453 g/mol. The van der Waals surface area contributed by atoms with Gasteiger partial charge in [0, 0.05) is 5.92 Å². The number of rotatable bonds is 3. The summed E-state index contributed by atoms with van der Waals surface area (Å²) >= 11 is 0. The van der Waals surface area contributed by atoms with E-state index in [-0.39, 0.29) is 40.8 Å². The molecule has 0 spiro atoms. The molecule has 0 aromatic heterocycles. The van der Waals surface area contributed by atoms with Crippen LogP contribution in [0.5, 0.6) is 0 Å². The average molecular weight is 454 g/mol. The highest BCUT2D eigenvalue weighted by molar-refractivity contribution is 5.98. The molecule has 8 atom stereocenters. The summed E-state index contributed by atoms with van der Waals surface area (Å²) in [5.74, 6) is 3.26. The van der Waals surface area contributed by atoms with E-state index in [1.165, 1.54) is 25.7 Å². The number of nitrogens with zero attached hydrogens (tertiary/aromatic N) is 2. The molecular formula is C28H43N3O2. The van der Waals surface area contributed by atoms with E-state index in [0.29, 0.717) is 11.7 Å². The standard InChI is InChI=1S/C28H43N3O2/c1-16(2)25-26(33)31(18(4)29-25)30-20-11-13-27(5)19(15-20)7-8-21-23-10-9-22(17(3)32)28(23,6)14-12-24(21)27/h15-16,18,21-25,29H,7-14H2,1-6H3/b30-20+/t18-,21?,22-,23?,24?,25+,27+,28-/m1/s1. The maximum Gasteiger partial charge on any atom is 0.261 e. The third-order valence-electron chi connectivity index (χ3n) is 10.7. The molecule has 5 heteroatoms. The Morgan fingerprint density at radius 2 is 1.88 bits per heavy atom. The van der Waals surface area contributed by atoms with Gasteiger partial charge in [0.2, 0.25) is 0 Å². The molecule has 0 bridgehead atoms. The van der Waals surface area contributed by atoms with Crippen LogP contribution in [0.2, 0.25) is 0 Å². The molecule has 33 heavy (non-hydrogen) atoms. The highest BCUT2D eigenvalue weighted by Crippen LogP contribution is 2.66. The molecule has 5 rings (SSSR count). The highest BCUT2D eigenvalue weighted by Gasteiger charge is 2.59. The van der Waals surface area contributed by atoms with Crippen LogP contribution >= 0.6 is 0 Å². The lowest BCUT2D eigenvalue weighted by atomic mass is 9.46. The smallest absolute Gasteiger partial charge is 0.261 e. The van der Waals surface area contributed by atoms with Crippen molar-refractivity contribution < 1.29 is 9.59 Å². The molecule has 4 aliphatic carbocycles. The van der Waals surface area contributed by atoms with Crippen LogP contribution < -0.4 is 5.32 Å². The van der Waals surface area contributed by atoms with Gasteiger partial charge in [-0.2, -0.15) is 5.10 Å². The molecule has 3 saturated carbocycles. The Balaban J connectivity index is 1.37. The molecule has 5 aliphatic rings. The van der Waals surface area contributed by atoms with Gasteiger partial charge in [-0.25, -0.2) is 5.01 Å². The Labute approximate surface area is 199 Å². The van der Waals surface area contributed by atoms with Crippen molar-refractivity contribution in [3.8, 4) is 0 Å². The van der Waals surface area contributed by atoms with Crippen LogP contribution in [0.4, 0.5) is 0 Å². The predicted molar refractivity (Wildman–Crippen MR) is 131 cm³/mol. The highest BCUT2D eigenvalue weighted by atomic mass is 16.2. The van der Waals surface area contributed by atoms with Gasteiger partial charge in [0.05, 0.1) is 11.8 Å². The van der Waals surface area contributed by atoms with Crippen LogP contribution in [-0.2, 0) is 9.59 Å². The summed E-state index contributed by atoms with van der Waals surface area (Å²) in [7, 11) is 0. The van der Waals surface area contributed by atoms with Crippen LogP contribution in [0, 0.1) is 40.4 Å². The third kappa shape index (κ3) is 3.47. The molecule has 182 valence electrons. The van der Waals surface area contributed by atoms with Gasteiger partial charge < -0.3 is 0 Å². The fraction of sp³-hybridized carbons (Fsp3) is 0.821. The van der Waals surface area contributed by atoms with E-state index in [4.69, 9.17) is 5.10 Å². The number of fused-ring (bicyclic) bond motifs is 5. The summed E-state index contributed by atoms with van der Waals surface area (Å²) in [6.45, 7) is 13.0.